The van der Waals surface area contributed by atoms with Gasteiger partial charge in [-0.2, -0.15) is 5.10 Å². The summed E-state index contributed by atoms with van der Waals surface area (Å²) in [7, 11) is 3.08. The van der Waals surface area contributed by atoms with Crippen LogP contribution in [0.25, 0.3) is 10.9 Å². The van der Waals surface area contributed by atoms with Crippen molar-refractivity contribution in [1.82, 2.24) is 10.2 Å². The van der Waals surface area contributed by atoms with Crippen LogP contribution < -0.4 is 19.7 Å². The molecule has 1 saturated heterocycles. The van der Waals surface area contributed by atoms with E-state index in [0.29, 0.717) is 23.0 Å². The van der Waals surface area contributed by atoms with E-state index >= 15 is 0 Å². The van der Waals surface area contributed by atoms with E-state index in [1.54, 1.807) is 30.2 Å². The zero-order valence-electron chi connectivity index (χ0n) is 15.6. The molecule has 1 fully saturated rings. The summed E-state index contributed by atoms with van der Waals surface area (Å²) in [6, 6.07) is 12.7. The minimum Gasteiger partial charge on any atom is -0.497 e. The van der Waals surface area contributed by atoms with Gasteiger partial charge in [0.25, 0.3) is 0 Å². The molecule has 2 heterocycles. The number of benzene rings is 2. The highest BCUT2D eigenvalue weighted by molar-refractivity contribution is 6.07. The van der Waals surface area contributed by atoms with E-state index in [2.05, 4.69) is 15.5 Å². The lowest BCUT2D eigenvalue weighted by Gasteiger charge is -2.15. The van der Waals surface area contributed by atoms with Crippen LogP contribution in [0.1, 0.15) is 6.42 Å². The van der Waals surface area contributed by atoms with E-state index in [1.807, 2.05) is 24.3 Å². The van der Waals surface area contributed by atoms with Crippen LogP contribution in [-0.2, 0) is 9.59 Å². The highest BCUT2D eigenvalue weighted by Crippen LogP contribution is 2.32. The third-order valence-electron chi connectivity index (χ3n) is 4.87. The molecular weight excluding hydrogens is 360 g/mol. The fourth-order valence-corrected chi connectivity index (χ4v) is 3.38. The van der Waals surface area contributed by atoms with Crippen molar-refractivity contribution < 1.29 is 19.1 Å². The Labute approximate surface area is 161 Å². The number of anilines is 2. The molecule has 8 nitrogen and oxygen atoms in total. The van der Waals surface area contributed by atoms with Crippen LogP contribution in [0.4, 0.5) is 11.5 Å². The fourth-order valence-electron chi connectivity index (χ4n) is 3.38. The molecule has 28 heavy (non-hydrogen) atoms. The zero-order chi connectivity index (χ0) is 19.7. The third-order valence-corrected chi connectivity index (χ3v) is 4.87. The van der Waals surface area contributed by atoms with E-state index in [0.717, 1.165) is 10.9 Å². The molecule has 0 saturated carbocycles. The van der Waals surface area contributed by atoms with Crippen molar-refractivity contribution in [3.8, 4) is 11.5 Å². The van der Waals surface area contributed by atoms with Crippen LogP contribution in [0, 0.1) is 5.92 Å². The number of aromatic nitrogens is 2. The summed E-state index contributed by atoms with van der Waals surface area (Å²) < 4.78 is 10.5. The molecule has 4 rings (SSSR count). The largest absolute Gasteiger partial charge is 0.497 e. The molecule has 2 N–H and O–H groups in total. The van der Waals surface area contributed by atoms with Crippen LogP contribution in [-0.4, -0.2) is 42.8 Å². The lowest BCUT2D eigenvalue weighted by Crippen LogP contribution is -2.28. The molecule has 0 spiro atoms. The number of nitrogens with one attached hydrogen (secondary N) is 2. The van der Waals surface area contributed by atoms with Gasteiger partial charge in [0.2, 0.25) is 11.8 Å². The number of nitrogens with zero attached hydrogens (tertiary/aromatic N) is 2. The highest BCUT2D eigenvalue weighted by Gasteiger charge is 2.37. The van der Waals surface area contributed by atoms with E-state index in [-0.39, 0.29) is 24.8 Å². The average molecular weight is 380 g/mol. The monoisotopic (exact) mass is 380 g/mol. The maximum atomic E-state index is 12.8. The molecule has 144 valence electrons. The number of hydrogen-bond donors (Lipinski definition) is 2. The van der Waals surface area contributed by atoms with Gasteiger partial charge in [-0.1, -0.05) is 12.1 Å². The standard InChI is InChI=1S/C20H20N4O4/c1-27-13-7-8-16(17(10-13)28-2)21-20(26)12-9-18(25)24(11-12)19-14-5-3-4-6-15(14)22-23-19/h3-8,10,12H,9,11H2,1-2H3,(H,21,26)(H,22,23). The first-order valence-electron chi connectivity index (χ1n) is 8.87. The Balaban J connectivity index is 1.52. The molecule has 1 aromatic heterocycles. The summed E-state index contributed by atoms with van der Waals surface area (Å²) in [6.07, 6.45) is 0.130. The Morgan fingerprint density at radius 2 is 2.04 bits per heavy atom. The van der Waals surface area contributed by atoms with Crippen molar-refractivity contribution in [3.05, 3.63) is 42.5 Å². The Hall–Kier alpha value is -3.55. The molecule has 0 bridgehead atoms. The van der Waals surface area contributed by atoms with Gasteiger partial charge in [0.05, 0.1) is 31.3 Å². The molecule has 1 aliphatic rings. The Bertz CT molecular complexity index is 1050. The molecule has 3 aromatic rings. The number of rotatable bonds is 5. The number of fused-ring (bicyclic) bond motifs is 1. The Morgan fingerprint density at radius 1 is 1.21 bits per heavy atom. The minimum atomic E-state index is -0.477. The van der Waals surface area contributed by atoms with Crippen LogP contribution in [0.15, 0.2) is 42.5 Å². The number of carbonyl (C=O) groups is 2. The number of carbonyl (C=O) groups excluding carboxylic acids is 2. The summed E-state index contributed by atoms with van der Waals surface area (Å²) in [5.41, 5.74) is 1.38. The van der Waals surface area contributed by atoms with Gasteiger partial charge in [-0.25, -0.2) is 0 Å². The first kappa shape index (κ1) is 17.8. The number of methoxy groups -OCH3 is 2. The van der Waals surface area contributed by atoms with Crippen LogP contribution in [0.5, 0.6) is 11.5 Å². The first-order chi connectivity index (χ1) is 13.6. The first-order valence-corrected chi connectivity index (χ1v) is 8.87. The summed E-state index contributed by atoms with van der Waals surface area (Å²) in [6.45, 7) is 0.276. The fraction of sp³-hybridized carbons (Fsp3) is 0.250. The zero-order valence-corrected chi connectivity index (χ0v) is 15.6. The van der Waals surface area contributed by atoms with Crippen molar-refractivity contribution >= 4 is 34.2 Å². The number of aromatic amines is 1. The van der Waals surface area contributed by atoms with Gasteiger partial charge in [0, 0.05) is 24.4 Å². The van der Waals surface area contributed by atoms with Crippen molar-refractivity contribution in [2.24, 2.45) is 5.92 Å². The lowest BCUT2D eigenvalue weighted by atomic mass is 10.1. The lowest BCUT2D eigenvalue weighted by molar-refractivity contribution is -0.122. The van der Waals surface area contributed by atoms with E-state index in [9.17, 15) is 9.59 Å². The van der Waals surface area contributed by atoms with Crippen molar-refractivity contribution in [2.75, 3.05) is 31.0 Å². The summed E-state index contributed by atoms with van der Waals surface area (Å²) in [4.78, 5) is 26.9. The number of H-pyrrole nitrogens is 1. The number of para-hydroxylation sites is 1. The normalized spacial score (nSPS) is 16.4. The second-order valence-corrected chi connectivity index (χ2v) is 6.55. The van der Waals surface area contributed by atoms with Crippen molar-refractivity contribution in [1.29, 1.82) is 0 Å². The molecule has 0 aliphatic carbocycles. The molecule has 2 amide bonds. The highest BCUT2D eigenvalue weighted by atomic mass is 16.5. The Kier molecular flexibility index (Phi) is 4.60. The topological polar surface area (TPSA) is 96.5 Å². The smallest absolute Gasteiger partial charge is 0.229 e. The van der Waals surface area contributed by atoms with Gasteiger partial charge in [0.1, 0.15) is 11.5 Å². The van der Waals surface area contributed by atoms with Crippen LogP contribution in [0.3, 0.4) is 0 Å². The quantitative estimate of drug-likeness (QED) is 0.709. The van der Waals surface area contributed by atoms with Gasteiger partial charge in [-0.15, -0.1) is 0 Å². The second kappa shape index (κ2) is 7.22. The van der Waals surface area contributed by atoms with Gasteiger partial charge in [0.15, 0.2) is 5.82 Å². The number of amides is 2. The molecule has 0 radical (unpaired) electrons. The Morgan fingerprint density at radius 3 is 2.82 bits per heavy atom. The maximum Gasteiger partial charge on any atom is 0.229 e. The molecule has 1 aliphatic heterocycles. The summed E-state index contributed by atoms with van der Waals surface area (Å²) in [5.74, 6) is 0.834. The molecular formula is C20H20N4O4. The van der Waals surface area contributed by atoms with E-state index < -0.39 is 5.92 Å². The van der Waals surface area contributed by atoms with Gasteiger partial charge in [-0.3, -0.25) is 19.6 Å². The number of ether oxygens (including phenoxy) is 2. The van der Waals surface area contributed by atoms with Gasteiger partial charge < -0.3 is 14.8 Å². The molecule has 2 aromatic carbocycles. The van der Waals surface area contributed by atoms with E-state index in [4.69, 9.17) is 9.47 Å². The SMILES string of the molecule is COc1ccc(NC(=O)C2CC(=O)N(c3n[nH]c4ccccc34)C2)c(OC)c1. The summed E-state index contributed by atoms with van der Waals surface area (Å²) >= 11 is 0. The van der Waals surface area contributed by atoms with Gasteiger partial charge in [-0.05, 0) is 24.3 Å². The van der Waals surface area contributed by atoms with Crippen LogP contribution >= 0.6 is 0 Å². The molecule has 1 atom stereocenters. The molecule has 1 unspecified atom stereocenters. The molecule has 8 heteroatoms. The van der Waals surface area contributed by atoms with Crippen molar-refractivity contribution in [3.63, 3.8) is 0 Å². The second-order valence-electron chi connectivity index (χ2n) is 6.55. The predicted molar refractivity (Wildman–Crippen MR) is 105 cm³/mol. The predicted octanol–water partition coefficient (Wildman–Crippen LogP) is 2.57. The number of hydrogen-bond acceptors (Lipinski definition) is 5. The van der Waals surface area contributed by atoms with Gasteiger partial charge >= 0.3 is 0 Å². The third kappa shape index (κ3) is 3.13. The summed E-state index contributed by atoms with van der Waals surface area (Å²) in [5, 5.41) is 10.9. The maximum absolute atomic E-state index is 12.8. The van der Waals surface area contributed by atoms with Crippen molar-refractivity contribution in [2.45, 2.75) is 6.42 Å². The minimum absolute atomic E-state index is 0.126. The van der Waals surface area contributed by atoms with Crippen LogP contribution in [0.2, 0.25) is 0 Å². The average Bonchev–Trinajstić information content (AvgIpc) is 3.31. The van der Waals surface area contributed by atoms with E-state index in [1.165, 1.54) is 7.11 Å².